The molecule has 1 saturated heterocycles. The van der Waals surface area contributed by atoms with E-state index in [0.717, 1.165) is 32.5 Å². The lowest BCUT2D eigenvalue weighted by molar-refractivity contribution is 0.0668. The lowest BCUT2D eigenvalue weighted by atomic mass is 10.0. The van der Waals surface area contributed by atoms with Gasteiger partial charge in [0.05, 0.1) is 6.10 Å². The SMILES string of the molecule is CN(C)c1ccc(-c2ccc(CN3CCCC(O)C3)cc2)cc1. The number of rotatable bonds is 4. The van der Waals surface area contributed by atoms with Crippen molar-refractivity contribution in [3.63, 3.8) is 0 Å². The summed E-state index contributed by atoms with van der Waals surface area (Å²) in [6.07, 6.45) is 1.88. The summed E-state index contributed by atoms with van der Waals surface area (Å²) in [5, 5.41) is 9.77. The van der Waals surface area contributed by atoms with Crippen molar-refractivity contribution in [3.05, 3.63) is 54.1 Å². The van der Waals surface area contributed by atoms with Gasteiger partial charge in [-0.15, -0.1) is 0 Å². The van der Waals surface area contributed by atoms with E-state index in [9.17, 15) is 5.11 Å². The highest BCUT2D eigenvalue weighted by Crippen LogP contribution is 2.23. The van der Waals surface area contributed by atoms with Crippen molar-refractivity contribution in [2.45, 2.75) is 25.5 Å². The summed E-state index contributed by atoms with van der Waals surface area (Å²) in [7, 11) is 4.11. The van der Waals surface area contributed by atoms with Crippen LogP contribution in [0.2, 0.25) is 0 Å². The first-order valence-corrected chi connectivity index (χ1v) is 8.39. The summed E-state index contributed by atoms with van der Waals surface area (Å²) >= 11 is 0. The van der Waals surface area contributed by atoms with E-state index < -0.39 is 0 Å². The molecule has 3 heteroatoms. The zero-order chi connectivity index (χ0) is 16.2. The van der Waals surface area contributed by atoms with Gasteiger partial charge >= 0.3 is 0 Å². The summed E-state index contributed by atoms with van der Waals surface area (Å²) in [4.78, 5) is 4.45. The van der Waals surface area contributed by atoms with Gasteiger partial charge < -0.3 is 10.0 Å². The quantitative estimate of drug-likeness (QED) is 0.938. The van der Waals surface area contributed by atoms with Gasteiger partial charge in [0.1, 0.15) is 0 Å². The first-order valence-electron chi connectivity index (χ1n) is 8.39. The van der Waals surface area contributed by atoms with E-state index in [4.69, 9.17) is 0 Å². The van der Waals surface area contributed by atoms with Crippen LogP contribution in [0.25, 0.3) is 11.1 Å². The third kappa shape index (κ3) is 4.12. The van der Waals surface area contributed by atoms with Crippen molar-refractivity contribution in [2.24, 2.45) is 0 Å². The normalized spacial score (nSPS) is 18.8. The number of anilines is 1. The van der Waals surface area contributed by atoms with E-state index in [0.29, 0.717) is 0 Å². The Bertz CT molecular complexity index is 619. The Hall–Kier alpha value is -1.84. The zero-order valence-corrected chi connectivity index (χ0v) is 14.1. The monoisotopic (exact) mass is 310 g/mol. The number of likely N-dealkylation sites (tertiary alicyclic amines) is 1. The average Bonchev–Trinajstić information content (AvgIpc) is 2.56. The Kier molecular flexibility index (Phi) is 4.99. The molecular formula is C20H26N2O. The fourth-order valence-corrected chi connectivity index (χ4v) is 3.19. The molecule has 0 bridgehead atoms. The predicted molar refractivity (Wildman–Crippen MR) is 96.7 cm³/mol. The molecule has 1 unspecified atom stereocenters. The number of hydrogen-bond acceptors (Lipinski definition) is 3. The molecule has 1 atom stereocenters. The topological polar surface area (TPSA) is 26.7 Å². The second kappa shape index (κ2) is 7.16. The fourth-order valence-electron chi connectivity index (χ4n) is 3.19. The van der Waals surface area contributed by atoms with E-state index >= 15 is 0 Å². The van der Waals surface area contributed by atoms with Crippen molar-refractivity contribution in [3.8, 4) is 11.1 Å². The van der Waals surface area contributed by atoms with Gasteiger partial charge in [0.2, 0.25) is 0 Å². The molecule has 3 nitrogen and oxygen atoms in total. The first kappa shape index (κ1) is 16.0. The number of nitrogens with zero attached hydrogens (tertiary/aromatic N) is 2. The molecular weight excluding hydrogens is 284 g/mol. The van der Waals surface area contributed by atoms with Crippen LogP contribution in [-0.2, 0) is 6.54 Å². The summed E-state index contributed by atoms with van der Waals surface area (Å²) in [5.41, 5.74) is 5.02. The molecule has 2 aromatic carbocycles. The third-order valence-electron chi connectivity index (χ3n) is 4.56. The van der Waals surface area contributed by atoms with Crippen molar-refractivity contribution in [1.29, 1.82) is 0 Å². The highest BCUT2D eigenvalue weighted by atomic mass is 16.3. The minimum Gasteiger partial charge on any atom is -0.392 e. The van der Waals surface area contributed by atoms with Crippen molar-refractivity contribution < 1.29 is 5.11 Å². The average molecular weight is 310 g/mol. The highest BCUT2D eigenvalue weighted by Gasteiger charge is 2.17. The molecule has 0 saturated carbocycles. The molecule has 0 aromatic heterocycles. The Labute approximate surface area is 139 Å². The number of hydrogen-bond donors (Lipinski definition) is 1. The van der Waals surface area contributed by atoms with Gasteiger partial charge in [-0.2, -0.15) is 0 Å². The van der Waals surface area contributed by atoms with Gasteiger partial charge in [0.25, 0.3) is 0 Å². The largest absolute Gasteiger partial charge is 0.392 e. The van der Waals surface area contributed by atoms with Gasteiger partial charge in [-0.3, -0.25) is 4.90 Å². The van der Waals surface area contributed by atoms with E-state index in [-0.39, 0.29) is 6.10 Å². The van der Waals surface area contributed by atoms with Crippen LogP contribution < -0.4 is 4.90 Å². The Morgan fingerprint density at radius 3 is 2.17 bits per heavy atom. The molecule has 0 radical (unpaired) electrons. The van der Waals surface area contributed by atoms with Gasteiger partial charge in [0.15, 0.2) is 0 Å². The molecule has 1 aliphatic rings. The fraction of sp³-hybridized carbons (Fsp3) is 0.400. The summed E-state index contributed by atoms with van der Waals surface area (Å²) in [5.74, 6) is 0. The van der Waals surface area contributed by atoms with Crippen LogP contribution in [0.4, 0.5) is 5.69 Å². The molecule has 0 aliphatic carbocycles. The van der Waals surface area contributed by atoms with E-state index in [1.807, 2.05) is 0 Å². The predicted octanol–water partition coefficient (Wildman–Crippen LogP) is 3.38. The lowest BCUT2D eigenvalue weighted by Crippen LogP contribution is -2.37. The van der Waals surface area contributed by atoms with E-state index in [1.165, 1.54) is 22.4 Å². The van der Waals surface area contributed by atoms with Gasteiger partial charge in [-0.1, -0.05) is 36.4 Å². The zero-order valence-electron chi connectivity index (χ0n) is 14.1. The minimum atomic E-state index is -0.154. The molecule has 122 valence electrons. The number of β-amino-alcohol motifs (C(OH)–C–C–N with tert-alkyl or cyclic N) is 1. The molecule has 23 heavy (non-hydrogen) atoms. The van der Waals surface area contributed by atoms with Crippen LogP contribution >= 0.6 is 0 Å². The maximum atomic E-state index is 9.77. The molecule has 1 fully saturated rings. The Morgan fingerprint density at radius 1 is 1.00 bits per heavy atom. The van der Waals surface area contributed by atoms with Crippen LogP contribution in [0.5, 0.6) is 0 Å². The van der Waals surface area contributed by atoms with Crippen LogP contribution in [0.15, 0.2) is 48.5 Å². The van der Waals surface area contributed by atoms with Crippen molar-refractivity contribution in [1.82, 2.24) is 4.90 Å². The second-order valence-corrected chi connectivity index (χ2v) is 6.67. The van der Waals surface area contributed by atoms with Crippen LogP contribution in [0, 0.1) is 0 Å². The molecule has 1 N–H and O–H groups in total. The molecule has 3 rings (SSSR count). The number of piperidine rings is 1. The maximum Gasteiger partial charge on any atom is 0.0667 e. The van der Waals surface area contributed by atoms with Crippen molar-refractivity contribution >= 4 is 5.69 Å². The Balaban J connectivity index is 1.66. The lowest BCUT2D eigenvalue weighted by Gasteiger charge is -2.30. The number of aliphatic hydroxyl groups excluding tert-OH is 1. The van der Waals surface area contributed by atoms with Gasteiger partial charge in [0, 0.05) is 32.9 Å². The summed E-state index contributed by atoms with van der Waals surface area (Å²) in [6.45, 7) is 2.81. The van der Waals surface area contributed by atoms with Crippen molar-refractivity contribution in [2.75, 3.05) is 32.1 Å². The number of benzene rings is 2. The van der Waals surface area contributed by atoms with Gasteiger partial charge in [-0.25, -0.2) is 0 Å². The third-order valence-corrected chi connectivity index (χ3v) is 4.56. The highest BCUT2D eigenvalue weighted by molar-refractivity contribution is 5.66. The molecule has 0 spiro atoms. The van der Waals surface area contributed by atoms with Gasteiger partial charge in [-0.05, 0) is 48.2 Å². The second-order valence-electron chi connectivity index (χ2n) is 6.67. The molecule has 1 heterocycles. The Morgan fingerprint density at radius 2 is 1.61 bits per heavy atom. The molecule has 1 aliphatic heterocycles. The maximum absolute atomic E-state index is 9.77. The minimum absolute atomic E-state index is 0.154. The summed E-state index contributed by atoms with van der Waals surface area (Å²) < 4.78 is 0. The molecule has 0 amide bonds. The van der Waals surface area contributed by atoms with Crippen LogP contribution in [-0.4, -0.2) is 43.3 Å². The first-order chi connectivity index (χ1) is 11.1. The summed E-state index contributed by atoms with van der Waals surface area (Å²) in [6, 6.07) is 17.4. The molecule has 2 aromatic rings. The van der Waals surface area contributed by atoms with E-state index in [2.05, 4.69) is 72.4 Å². The van der Waals surface area contributed by atoms with Crippen LogP contribution in [0.3, 0.4) is 0 Å². The van der Waals surface area contributed by atoms with E-state index in [1.54, 1.807) is 0 Å². The standard InChI is InChI=1S/C20H26N2O/c1-21(2)19-11-9-18(10-12-19)17-7-5-16(6-8-17)14-22-13-3-4-20(23)15-22/h5-12,20,23H,3-4,13-15H2,1-2H3. The van der Waals surface area contributed by atoms with Crippen LogP contribution in [0.1, 0.15) is 18.4 Å². The number of aliphatic hydroxyl groups is 1. The smallest absolute Gasteiger partial charge is 0.0667 e.